The first-order valence-electron chi connectivity index (χ1n) is 1.86. The van der Waals surface area contributed by atoms with Gasteiger partial charge in [0.25, 0.3) is 0 Å². The first kappa shape index (κ1) is 5.00. The Morgan fingerprint density at radius 1 is 0.500 bits per heavy atom. The van der Waals surface area contributed by atoms with Crippen molar-refractivity contribution in [2.75, 3.05) is 0 Å². The Morgan fingerprint density at radius 2 is 0.750 bits per heavy atom. The summed E-state index contributed by atoms with van der Waals surface area (Å²) in [5, 5.41) is 0. The van der Waals surface area contributed by atoms with Gasteiger partial charge in [-0.2, -0.15) is 0 Å². The van der Waals surface area contributed by atoms with Crippen LogP contribution >= 0.6 is 0 Å². The Morgan fingerprint density at radius 3 is 0.875 bits per heavy atom. The summed E-state index contributed by atoms with van der Waals surface area (Å²) in [4.78, 5) is 0. The predicted octanol–water partition coefficient (Wildman–Crippen LogP) is -2.82. The van der Waals surface area contributed by atoms with E-state index in [9.17, 15) is 0 Å². The van der Waals surface area contributed by atoms with Gasteiger partial charge in [-0.1, -0.05) is 0 Å². The van der Waals surface area contributed by atoms with Crippen molar-refractivity contribution >= 4 is 59.8 Å². The van der Waals surface area contributed by atoms with Gasteiger partial charge in [0, 0.05) is 0 Å². The Hall–Kier alpha value is 1.28. The van der Waals surface area contributed by atoms with Crippen LogP contribution in [0.1, 0.15) is 0 Å². The summed E-state index contributed by atoms with van der Waals surface area (Å²) in [7, 11) is 0. The third kappa shape index (κ3) is 0.449. The van der Waals surface area contributed by atoms with E-state index in [4.69, 9.17) is 0 Å². The number of rotatable bonds is 0. The Kier molecular flexibility index (Phi) is 0.918. The van der Waals surface area contributed by atoms with E-state index in [0.29, 0.717) is 59.8 Å². The zero-order valence-corrected chi connectivity index (χ0v) is 10.3. The first-order valence-corrected chi connectivity index (χ1v) is 7.99. The fraction of sp³-hybridized carbons (Fsp3) is 0. The predicted molar refractivity (Wildman–Crippen MR) is 31.8 cm³/mol. The van der Waals surface area contributed by atoms with Crippen LogP contribution in [0.4, 0.5) is 0 Å². The second-order valence-electron chi connectivity index (χ2n) is 1.28. The minimum absolute atomic E-state index is 0.708. The number of hydrogen-bond acceptors (Lipinski definition) is 0. The molecule has 0 atom stereocenters. The van der Waals surface area contributed by atoms with E-state index < -0.39 is 0 Å². The van der Waals surface area contributed by atoms with Crippen LogP contribution in [0.15, 0.2) is 0 Å². The fourth-order valence-electron chi connectivity index (χ4n) is 0.537. The van der Waals surface area contributed by atoms with Crippen LogP contribution in [0.2, 0.25) is 0 Å². The van der Waals surface area contributed by atoms with Crippen LogP contribution < -0.4 is 0 Å². The second-order valence-corrected chi connectivity index (χ2v) is 13.1. The van der Waals surface area contributed by atoms with Crippen molar-refractivity contribution in [3.05, 3.63) is 0 Å². The zero-order chi connectivity index (χ0) is 5.14. The Balaban J connectivity index is 3.19. The molecule has 0 aliphatic heterocycles. The monoisotopic (exact) mass is 376 g/mol. The zero-order valence-electron chi connectivity index (χ0n) is 3.42. The quantitative estimate of drug-likeness (QED) is 0.380. The van der Waals surface area contributed by atoms with Crippen LogP contribution in [0, 0.1) is 0 Å². The molecule has 44 valence electrons. The van der Waals surface area contributed by atoms with E-state index in [-0.39, 0.29) is 0 Å². The Labute approximate surface area is 69.3 Å². The molecule has 0 amide bonds. The normalized spacial score (nSPS) is 13.0. The van der Waals surface area contributed by atoms with E-state index >= 15 is 0 Å². The maximum absolute atomic E-state index is 2.54. The SMILES string of the molecule is [se]1n2[se]n3[se]n2[se]n13. The van der Waals surface area contributed by atoms with E-state index in [1.807, 2.05) is 0 Å². The molecule has 4 aromatic rings. The average molecular weight is 372 g/mol. The summed E-state index contributed by atoms with van der Waals surface area (Å²) >= 11 is 2.83. The molecule has 0 fully saturated rings. The standard InChI is InChI=1S/N4Se4/c5-1-2-7-3(5)4(6-1)8-2. The average Bonchev–Trinajstić information content (AvgIpc) is 2.21. The number of hydrogen-bond donors (Lipinski definition) is 0. The maximum atomic E-state index is 2.54. The first-order chi connectivity index (χ1) is 3.93. The molecule has 4 rings (SSSR count). The van der Waals surface area contributed by atoms with Gasteiger partial charge in [0.2, 0.25) is 0 Å². The van der Waals surface area contributed by atoms with Crippen molar-refractivity contribution in [1.29, 1.82) is 0 Å². The van der Waals surface area contributed by atoms with Crippen molar-refractivity contribution in [2.24, 2.45) is 0 Å². The number of nitrogens with zero attached hydrogens (tertiary/aromatic N) is 4. The molecule has 4 bridgehead atoms. The molecule has 0 radical (unpaired) electrons. The minimum atomic E-state index is 0.708. The fourth-order valence-corrected chi connectivity index (χ4v) is 19.2. The molecule has 0 spiro atoms. The van der Waals surface area contributed by atoms with Crippen molar-refractivity contribution < 1.29 is 0 Å². The van der Waals surface area contributed by atoms with Crippen molar-refractivity contribution in [3.8, 4) is 0 Å². The molecule has 4 nitrogen and oxygen atoms in total. The molecule has 8 heteroatoms. The molecular formula is N4Se4. The van der Waals surface area contributed by atoms with E-state index in [1.165, 1.54) is 0 Å². The molecular weight excluding hydrogens is 372 g/mol. The van der Waals surface area contributed by atoms with Crippen LogP contribution in [0.5, 0.6) is 0 Å². The molecule has 0 aliphatic carbocycles. The molecule has 0 unspecified atom stereocenters. The van der Waals surface area contributed by atoms with Crippen LogP contribution in [-0.4, -0.2) is 69.9 Å². The molecule has 0 aliphatic rings. The van der Waals surface area contributed by atoms with Crippen LogP contribution in [0.25, 0.3) is 0 Å². The van der Waals surface area contributed by atoms with Gasteiger partial charge in [0.1, 0.15) is 0 Å². The molecule has 8 heavy (non-hydrogen) atoms. The van der Waals surface area contributed by atoms with Gasteiger partial charge < -0.3 is 0 Å². The van der Waals surface area contributed by atoms with Gasteiger partial charge in [-0.3, -0.25) is 0 Å². The molecule has 0 saturated carbocycles. The second kappa shape index (κ2) is 1.47. The summed E-state index contributed by atoms with van der Waals surface area (Å²) in [6.45, 7) is 0. The van der Waals surface area contributed by atoms with E-state index in [2.05, 4.69) is 10.0 Å². The molecule has 0 N–H and O–H groups in total. The Bertz CT molecular complexity index is 294. The topological polar surface area (TPSA) is 17.6 Å². The molecule has 4 aromatic heterocycles. The number of aromatic nitrogens is 4. The summed E-state index contributed by atoms with van der Waals surface area (Å²) in [5.41, 5.74) is 0. The van der Waals surface area contributed by atoms with Gasteiger partial charge in [-0.05, 0) is 0 Å². The van der Waals surface area contributed by atoms with Gasteiger partial charge in [0.05, 0.1) is 0 Å². The van der Waals surface area contributed by atoms with Crippen LogP contribution in [0.3, 0.4) is 0 Å². The van der Waals surface area contributed by atoms with Crippen molar-refractivity contribution in [2.45, 2.75) is 0 Å². The van der Waals surface area contributed by atoms with Gasteiger partial charge in [-0.15, -0.1) is 0 Å². The summed E-state index contributed by atoms with van der Waals surface area (Å²) in [6.07, 6.45) is 0. The third-order valence-electron chi connectivity index (χ3n) is 0.825. The molecule has 4 heterocycles. The summed E-state index contributed by atoms with van der Waals surface area (Å²) in [5.74, 6) is 0. The van der Waals surface area contributed by atoms with Crippen molar-refractivity contribution in [1.82, 2.24) is 10.0 Å². The summed E-state index contributed by atoms with van der Waals surface area (Å²) < 4.78 is 10.2. The summed E-state index contributed by atoms with van der Waals surface area (Å²) in [6, 6.07) is 0. The molecule has 0 saturated heterocycles. The van der Waals surface area contributed by atoms with Crippen LogP contribution in [-0.2, 0) is 0 Å². The van der Waals surface area contributed by atoms with Gasteiger partial charge >= 0.3 is 69.9 Å². The van der Waals surface area contributed by atoms with E-state index in [0.717, 1.165) is 0 Å². The van der Waals surface area contributed by atoms with Gasteiger partial charge in [0.15, 0.2) is 0 Å². The third-order valence-corrected chi connectivity index (χ3v) is 15.9. The van der Waals surface area contributed by atoms with Gasteiger partial charge in [-0.25, -0.2) is 0 Å². The molecule has 0 aromatic carbocycles. The van der Waals surface area contributed by atoms with E-state index in [1.54, 1.807) is 0 Å². The van der Waals surface area contributed by atoms with Crippen molar-refractivity contribution in [3.63, 3.8) is 0 Å².